The van der Waals surface area contributed by atoms with Crippen molar-refractivity contribution in [2.45, 2.75) is 106 Å². The van der Waals surface area contributed by atoms with Gasteiger partial charge in [-0.1, -0.05) is 18.5 Å². The van der Waals surface area contributed by atoms with E-state index in [2.05, 4.69) is 101 Å². The summed E-state index contributed by atoms with van der Waals surface area (Å²) in [5, 5.41) is 16.9. The Kier molecular flexibility index (Phi) is 23.2. The highest BCUT2D eigenvalue weighted by Gasteiger charge is 2.53. The molecule has 2 aliphatic heterocycles. The molecule has 4 amide bonds. The van der Waals surface area contributed by atoms with Crippen LogP contribution in [-0.4, -0.2) is 197 Å². The second-order valence-corrected chi connectivity index (χ2v) is 27.3. The van der Waals surface area contributed by atoms with Gasteiger partial charge in [0.15, 0.2) is 46.6 Å². The Labute approximate surface area is 646 Å². The van der Waals surface area contributed by atoms with E-state index in [-0.39, 0.29) is 23.1 Å². The molecule has 4 aliphatic rings. The molecule has 10 N–H and O–H groups in total. The smallest absolute Gasteiger partial charge is 0.356 e. The number of H-pyrrole nitrogens is 4. The van der Waals surface area contributed by atoms with Gasteiger partial charge < -0.3 is 61.6 Å². The van der Waals surface area contributed by atoms with Gasteiger partial charge in [-0.25, -0.2) is 104 Å². The van der Waals surface area contributed by atoms with E-state index in [0.29, 0.717) is 113 Å². The van der Waals surface area contributed by atoms with Gasteiger partial charge in [-0.2, -0.15) is 26.3 Å². The molecule has 3 atom stereocenters. The lowest BCUT2D eigenvalue weighted by atomic mass is 10.1. The quantitative estimate of drug-likeness (QED) is 0.0317. The molecule has 0 spiro atoms. The normalized spacial score (nSPS) is 17.1. The van der Waals surface area contributed by atoms with Crippen molar-refractivity contribution in [1.29, 1.82) is 0 Å². The highest BCUT2D eigenvalue weighted by molar-refractivity contribution is 6.31. The number of carbonyl (C=O) groups excluding carboxylic acids is 4. The summed E-state index contributed by atoms with van der Waals surface area (Å²) >= 11 is 5.95. The van der Waals surface area contributed by atoms with Crippen molar-refractivity contribution in [1.82, 2.24) is 101 Å². The number of hydrogen-bond donors (Lipinski definition) is 10. The van der Waals surface area contributed by atoms with Gasteiger partial charge in [-0.15, -0.1) is 0 Å². The van der Waals surface area contributed by atoms with E-state index in [4.69, 9.17) is 11.6 Å². The zero-order chi connectivity index (χ0) is 82.8. The molecule has 16 rings (SSSR count). The van der Waals surface area contributed by atoms with Crippen LogP contribution in [0.2, 0.25) is 5.02 Å². The maximum absolute atomic E-state index is 14.5. The summed E-state index contributed by atoms with van der Waals surface area (Å²) in [7, 11) is 0. The van der Waals surface area contributed by atoms with Crippen LogP contribution in [0.1, 0.15) is 51.9 Å². The number of anilines is 4. The second-order valence-electron chi connectivity index (χ2n) is 26.9. The van der Waals surface area contributed by atoms with E-state index in [1.54, 1.807) is 47.4 Å². The molecule has 116 heavy (non-hydrogen) atoms. The van der Waals surface area contributed by atoms with E-state index in [1.807, 2.05) is 6.92 Å². The number of aromatic nitrogens is 16. The van der Waals surface area contributed by atoms with Crippen LogP contribution in [0.5, 0.6) is 0 Å². The number of amides is 4. The van der Waals surface area contributed by atoms with Crippen LogP contribution >= 0.6 is 11.6 Å². The first-order chi connectivity index (χ1) is 55.1. The lowest BCUT2D eigenvalue weighted by Gasteiger charge is -2.25. The monoisotopic (exact) mass is 1650 g/mol. The molecule has 0 radical (unpaired) electrons. The van der Waals surface area contributed by atoms with Gasteiger partial charge in [-0.05, 0) is 68.5 Å². The van der Waals surface area contributed by atoms with Gasteiger partial charge in [0.2, 0.25) is 23.6 Å². The Morgan fingerprint density at radius 3 is 1.36 bits per heavy atom. The fraction of sp³-hybridized carbons (Fsp3) is 0.324. The molecule has 608 valence electrons. The maximum Gasteiger partial charge on any atom is 0.405 e. The lowest BCUT2D eigenvalue weighted by molar-refractivity contribution is -0.139. The van der Waals surface area contributed by atoms with Gasteiger partial charge in [0.25, 0.3) is 12.3 Å². The number of pyridine rings is 4. The van der Waals surface area contributed by atoms with Crippen molar-refractivity contribution < 1.29 is 89.4 Å². The number of carbonyl (C=O) groups is 4. The molecule has 0 aromatic carbocycles. The van der Waals surface area contributed by atoms with Crippen LogP contribution in [0.25, 0.3) is 89.7 Å². The summed E-state index contributed by atoms with van der Waals surface area (Å²) in [6.45, 7) is -2.87. The van der Waals surface area contributed by atoms with Crippen molar-refractivity contribution in [2.75, 3.05) is 59.7 Å². The number of halogens is 17. The number of nitrogens with one attached hydrogen (secondary N) is 10. The molecule has 2 saturated carbocycles. The first-order valence-corrected chi connectivity index (χ1v) is 35.4. The number of fused-ring (bicyclic) bond motifs is 4. The predicted molar refractivity (Wildman–Crippen MR) is 386 cm³/mol. The lowest BCUT2D eigenvalue weighted by Crippen LogP contribution is -2.46. The molecular weight excluding hydrogens is 1590 g/mol. The van der Waals surface area contributed by atoms with Crippen molar-refractivity contribution in [2.24, 2.45) is 0 Å². The molecule has 0 bridgehead atoms. The highest BCUT2D eigenvalue weighted by atomic mass is 35.5. The van der Waals surface area contributed by atoms with E-state index in [9.17, 15) is 89.4 Å². The molecular formula is C71H61ClF16N24O4. The largest absolute Gasteiger partial charge is 0.405 e. The molecule has 2 aliphatic carbocycles. The number of hydrogen-bond acceptors (Lipinski definition) is 20. The average molecular weight is 1650 g/mol. The zero-order valence-electron chi connectivity index (χ0n) is 59.7. The third-order valence-electron chi connectivity index (χ3n) is 18.4. The van der Waals surface area contributed by atoms with E-state index in [0.717, 1.165) is 55.1 Å². The summed E-state index contributed by atoms with van der Waals surface area (Å²) in [6.07, 6.45) is 3.87. The summed E-state index contributed by atoms with van der Waals surface area (Å²) in [5.41, 5.74) is 2.11. The first-order valence-electron chi connectivity index (χ1n) is 35.0. The minimum Gasteiger partial charge on any atom is -0.356 e. The molecule has 12 aromatic heterocycles. The number of alkyl halides is 11. The van der Waals surface area contributed by atoms with Gasteiger partial charge in [0, 0.05) is 107 Å². The van der Waals surface area contributed by atoms with Crippen molar-refractivity contribution in [3.8, 4) is 45.6 Å². The standard InChI is InChI=1S/C18H13ClF6N6O.C18H14F6N6O.C18H19FN6O.C17H15F3N6O/c19-8-1-9-10(4-27-13(9)26-3-8)14-28-5-11(20)15(30-14)31-7-17(21,22)2-12(31)16(32)29-6-18(23,24)25;19-8-1-10-11(4-26-14(10)25-3-8)15-27-5-12(21)16(29-15)30-6-9(20)2-13(30)17(31)28-7-18(22,23)24;1-2-6-21-17(26)18(4-5-18)25-14-3-7-20-16(24-14)13-10-23-15-12(13)8-11(19)9-22-15;18-9-5-10-11(7-23-14(10)22-6-9)15-21-4-1-13(25-15)26-17(2-3-17)16(27)24-8-12(19)20/h1,3-5,12H,2,6-7H2,(H,26,27)(H,29,32);1,3-5,9,13H,2,6-7H2,(H,25,26)(H,28,31);3,7-10H,2,4-6H2,1H3,(H,21,26)(H,22,23)(H,20,24,25);1,4-7,12H,2-3,8H2,(H,22,23)(H,24,27)(H,21,25,26)/t12-;9-,13+;;/m10../s1. The fourth-order valence-electron chi connectivity index (χ4n) is 12.6. The highest BCUT2D eigenvalue weighted by Crippen LogP contribution is 2.43. The van der Waals surface area contributed by atoms with Gasteiger partial charge >= 0.3 is 12.4 Å². The van der Waals surface area contributed by atoms with E-state index < -0.39 is 158 Å². The Balaban J connectivity index is 0.000000135. The van der Waals surface area contributed by atoms with Gasteiger partial charge in [0.05, 0.1) is 55.6 Å². The number of rotatable bonds is 20. The minimum absolute atomic E-state index is 0.00197. The van der Waals surface area contributed by atoms with Crippen molar-refractivity contribution in [3.05, 3.63) is 145 Å². The molecule has 45 heteroatoms. The third-order valence-corrected chi connectivity index (χ3v) is 18.6. The maximum atomic E-state index is 14.5. The summed E-state index contributed by atoms with van der Waals surface area (Å²) in [5.74, 6) is -9.51. The van der Waals surface area contributed by atoms with E-state index in [1.165, 1.54) is 43.0 Å². The third kappa shape index (κ3) is 18.9. The molecule has 4 fully saturated rings. The topological polar surface area (TPSA) is 365 Å². The van der Waals surface area contributed by atoms with Crippen LogP contribution in [-0.2, 0) is 19.2 Å². The van der Waals surface area contributed by atoms with E-state index >= 15 is 0 Å². The molecule has 12 aromatic rings. The van der Waals surface area contributed by atoms with Crippen LogP contribution in [0, 0.1) is 29.1 Å². The summed E-state index contributed by atoms with van der Waals surface area (Å²) in [4.78, 5) is 111. The first kappa shape index (κ1) is 81.3. The van der Waals surface area contributed by atoms with Crippen LogP contribution in [0.15, 0.2) is 111 Å². The number of aromatic amines is 4. The number of nitrogens with zero attached hydrogens (tertiary/aromatic N) is 14. The molecule has 0 unspecified atom stereocenters. The van der Waals surface area contributed by atoms with Crippen LogP contribution < -0.4 is 41.7 Å². The Bertz CT molecular complexity index is 5640. The average Bonchev–Trinajstić information content (AvgIpc) is 1.62. The van der Waals surface area contributed by atoms with Gasteiger partial charge in [0.1, 0.15) is 94.1 Å². The Hall–Kier alpha value is -12.7. The summed E-state index contributed by atoms with van der Waals surface area (Å²) in [6, 6.07) is 5.60. The zero-order valence-corrected chi connectivity index (χ0v) is 60.5. The molecule has 2 saturated heterocycles. The van der Waals surface area contributed by atoms with Crippen molar-refractivity contribution >= 4 is 103 Å². The van der Waals surface area contributed by atoms with Crippen molar-refractivity contribution in [3.63, 3.8) is 0 Å². The second kappa shape index (κ2) is 33.0. The Morgan fingerprint density at radius 2 is 0.940 bits per heavy atom. The molecule has 14 heterocycles. The molecule has 28 nitrogen and oxygen atoms in total. The fourth-order valence-corrected chi connectivity index (χ4v) is 12.8. The van der Waals surface area contributed by atoms with Crippen LogP contribution in [0.4, 0.5) is 93.5 Å². The van der Waals surface area contributed by atoms with Crippen LogP contribution in [0.3, 0.4) is 0 Å². The predicted octanol–water partition coefficient (Wildman–Crippen LogP) is 11.7. The van der Waals surface area contributed by atoms with Gasteiger partial charge in [-0.3, -0.25) is 19.2 Å². The summed E-state index contributed by atoms with van der Waals surface area (Å²) < 4.78 is 211. The Morgan fingerprint density at radius 1 is 0.534 bits per heavy atom. The minimum atomic E-state index is -4.74. The SMILES string of the molecule is CCCNC(=O)C1(Nc2ccnc(-c3c[nH]c4ncc(F)cc34)n2)CC1.O=C(NCC(F)(F)F)[C@H]1CC(F)(F)CN1c1nc(-c2c[nH]c3ncc(Cl)cc23)ncc1F.O=C(NCC(F)(F)F)[C@H]1C[C@H](F)CN1c1nc(-c2c[nH]c3ncc(F)cc23)ncc1F.O=C(NCC(F)F)C1(Nc2ccnc(-c3c[nH]c4ncc(F)cc34)n2)CC1.